The van der Waals surface area contributed by atoms with Crippen molar-refractivity contribution in [1.29, 1.82) is 0 Å². The van der Waals surface area contributed by atoms with Gasteiger partial charge in [-0.2, -0.15) is 0 Å². The van der Waals surface area contributed by atoms with Crippen molar-refractivity contribution in [1.82, 2.24) is 0 Å². The second-order valence-corrected chi connectivity index (χ2v) is 9.03. The SMILES string of the molecule is C=C(/C=C\C=C/C)CCCCCCCC1=C(CC2(C)CCSC(N)=N2)C=C1. The topological polar surface area (TPSA) is 38.4 Å². The quantitative estimate of drug-likeness (QED) is 0.294. The fourth-order valence-corrected chi connectivity index (χ4v) is 4.62. The lowest BCUT2D eigenvalue weighted by Crippen LogP contribution is -2.31. The number of nitrogens with two attached hydrogens (primary N) is 1. The number of aliphatic imine (C=N–C) groups is 1. The fraction of sp³-hybridized carbons (Fsp3) is 0.542. The average Bonchev–Trinajstić information content (AvgIpc) is 2.61. The van der Waals surface area contributed by atoms with Crippen LogP contribution < -0.4 is 5.73 Å². The van der Waals surface area contributed by atoms with Gasteiger partial charge in [0.1, 0.15) is 0 Å². The molecule has 1 aliphatic heterocycles. The van der Waals surface area contributed by atoms with E-state index in [9.17, 15) is 0 Å². The molecule has 1 aliphatic carbocycles. The molecule has 27 heavy (non-hydrogen) atoms. The lowest BCUT2D eigenvalue weighted by molar-refractivity contribution is 0.453. The van der Waals surface area contributed by atoms with Gasteiger partial charge in [0.15, 0.2) is 5.17 Å². The van der Waals surface area contributed by atoms with Crippen molar-refractivity contribution in [2.24, 2.45) is 10.7 Å². The molecule has 0 fully saturated rings. The van der Waals surface area contributed by atoms with E-state index in [0.717, 1.165) is 30.2 Å². The summed E-state index contributed by atoms with van der Waals surface area (Å²) in [5.74, 6) is 1.09. The molecule has 0 amide bonds. The molecule has 0 aromatic heterocycles. The molecule has 2 N–H and O–H groups in total. The van der Waals surface area contributed by atoms with Crippen molar-refractivity contribution in [2.45, 2.75) is 77.2 Å². The standard InChI is InChI=1S/C24H36N2S/c1-4-5-9-12-20(2)13-10-7-6-8-11-14-21-15-16-22(21)19-24(3)17-18-27-23(25)26-24/h4-5,9,12,15-16H,2,6-8,10-11,13-14,17-19H2,1,3H3,(H2,25,26)/b5-4-,12-9-. The van der Waals surface area contributed by atoms with Crippen LogP contribution in [0.2, 0.25) is 0 Å². The zero-order valence-corrected chi connectivity index (χ0v) is 18.0. The third-order valence-electron chi connectivity index (χ3n) is 5.32. The number of rotatable bonds is 12. The Morgan fingerprint density at radius 2 is 1.93 bits per heavy atom. The summed E-state index contributed by atoms with van der Waals surface area (Å²) in [5.41, 5.74) is 10.2. The van der Waals surface area contributed by atoms with Crippen molar-refractivity contribution < 1.29 is 0 Å². The number of thioether (sulfide) groups is 1. The lowest BCUT2D eigenvalue weighted by atomic mass is 9.82. The van der Waals surface area contributed by atoms with Gasteiger partial charge >= 0.3 is 0 Å². The summed E-state index contributed by atoms with van der Waals surface area (Å²) in [6.45, 7) is 8.40. The van der Waals surface area contributed by atoms with Gasteiger partial charge in [-0.3, -0.25) is 4.99 Å². The molecule has 0 radical (unpaired) electrons. The molecule has 0 bridgehead atoms. The highest BCUT2D eigenvalue weighted by molar-refractivity contribution is 8.13. The molecule has 0 spiro atoms. The molecule has 0 aromatic rings. The Morgan fingerprint density at radius 3 is 2.63 bits per heavy atom. The third kappa shape index (κ3) is 7.96. The van der Waals surface area contributed by atoms with Gasteiger partial charge in [0.25, 0.3) is 0 Å². The minimum Gasteiger partial charge on any atom is -0.379 e. The number of nitrogens with zero attached hydrogens (tertiary/aromatic N) is 1. The first-order chi connectivity index (χ1) is 13.0. The van der Waals surface area contributed by atoms with E-state index in [2.05, 4.69) is 43.9 Å². The molecule has 0 aromatic carbocycles. The van der Waals surface area contributed by atoms with Crippen molar-refractivity contribution in [3.8, 4) is 0 Å². The summed E-state index contributed by atoms with van der Waals surface area (Å²) in [4.78, 5) is 4.71. The first kappa shape index (κ1) is 21.8. The highest BCUT2D eigenvalue weighted by Gasteiger charge is 2.29. The van der Waals surface area contributed by atoms with Gasteiger partial charge in [0, 0.05) is 5.75 Å². The molecule has 3 heteroatoms. The molecule has 1 heterocycles. The number of allylic oxidation sites excluding steroid dienone is 8. The summed E-state index contributed by atoms with van der Waals surface area (Å²) in [5, 5.41) is 0.759. The average molecular weight is 385 g/mol. The van der Waals surface area contributed by atoms with E-state index in [-0.39, 0.29) is 5.54 Å². The summed E-state index contributed by atoms with van der Waals surface area (Å²) >= 11 is 1.69. The van der Waals surface area contributed by atoms with E-state index in [1.807, 2.05) is 13.0 Å². The normalized spacial score (nSPS) is 22.5. The number of amidine groups is 1. The third-order valence-corrected chi connectivity index (χ3v) is 6.11. The Labute approximate surface area is 170 Å². The van der Waals surface area contributed by atoms with E-state index in [1.54, 1.807) is 17.3 Å². The molecule has 1 atom stereocenters. The van der Waals surface area contributed by atoms with E-state index in [4.69, 9.17) is 10.7 Å². The molecule has 0 saturated carbocycles. The Morgan fingerprint density at radius 1 is 1.19 bits per heavy atom. The number of hydrogen-bond acceptors (Lipinski definition) is 3. The number of unbranched alkanes of at least 4 members (excludes halogenated alkanes) is 4. The molecule has 0 saturated heterocycles. The zero-order chi connectivity index (χ0) is 19.5. The zero-order valence-electron chi connectivity index (χ0n) is 17.2. The second kappa shape index (κ2) is 11.4. The van der Waals surface area contributed by atoms with E-state index in [1.165, 1.54) is 49.7 Å². The van der Waals surface area contributed by atoms with Crippen LogP contribution in [0.1, 0.15) is 71.6 Å². The molecular weight excluding hydrogens is 348 g/mol. The highest BCUT2D eigenvalue weighted by atomic mass is 32.2. The molecule has 1 unspecified atom stereocenters. The van der Waals surface area contributed by atoms with Gasteiger partial charge in [0.05, 0.1) is 5.54 Å². The van der Waals surface area contributed by atoms with Crippen LogP contribution in [0.15, 0.2) is 64.7 Å². The summed E-state index contributed by atoms with van der Waals surface area (Å²) in [6, 6.07) is 0. The van der Waals surface area contributed by atoms with Gasteiger partial charge < -0.3 is 5.73 Å². The van der Waals surface area contributed by atoms with Crippen LogP contribution in [0.5, 0.6) is 0 Å². The van der Waals surface area contributed by atoms with Gasteiger partial charge in [0.2, 0.25) is 0 Å². The molecule has 2 aliphatic rings. The lowest BCUT2D eigenvalue weighted by Gasteiger charge is -2.32. The highest BCUT2D eigenvalue weighted by Crippen LogP contribution is 2.36. The van der Waals surface area contributed by atoms with E-state index >= 15 is 0 Å². The Kier molecular flexibility index (Phi) is 9.20. The molecule has 148 valence electrons. The first-order valence-corrected chi connectivity index (χ1v) is 11.4. The maximum atomic E-state index is 5.93. The minimum absolute atomic E-state index is 0.00440. The maximum Gasteiger partial charge on any atom is 0.154 e. The van der Waals surface area contributed by atoms with Gasteiger partial charge in [-0.25, -0.2) is 0 Å². The first-order valence-electron chi connectivity index (χ1n) is 10.4. The largest absolute Gasteiger partial charge is 0.379 e. The van der Waals surface area contributed by atoms with Crippen molar-refractivity contribution in [2.75, 3.05) is 5.75 Å². The Hall–Kier alpha value is -1.48. The number of hydrogen-bond donors (Lipinski definition) is 1. The molecule has 2 rings (SSSR count). The summed E-state index contributed by atoms with van der Waals surface area (Å²) < 4.78 is 0. The van der Waals surface area contributed by atoms with Gasteiger partial charge in [-0.1, -0.05) is 79.6 Å². The van der Waals surface area contributed by atoms with E-state index < -0.39 is 0 Å². The predicted octanol–water partition coefficient (Wildman–Crippen LogP) is 6.87. The van der Waals surface area contributed by atoms with Crippen molar-refractivity contribution >= 4 is 16.9 Å². The predicted molar refractivity (Wildman–Crippen MR) is 123 cm³/mol. The minimum atomic E-state index is 0.00440. The van der Waals surface area contributed by atoms with Crippen LogP contribution in [-0.2, 0) is 0 Å². The molecule has 2 nitrogen and oxygen atoms in total. The van der Waals surface area contributed by atoms with Gasteiger partial charge in [-0.05, 0) is 63.5 Å². The molecular formula is C24H36N2S. The van der Waals surface area contributed by atoms with Crippen LogP contribution in [0, 0.1) is 0 Å². The Balaban J connectivity index is 1.58. The van der Waals surface area contributed by atoms with E-state index in [0.29, 0.717) is 0 Å². The van der Waals surface area contributed by atoms with Crippen LogP contribution in [0.25, 0.3) is 0 Å². The fourth-order valence-electron chi connectivity index (χ4n) is 3.59. The van der Waals surface area contributed by atoms with Crippen LogP contribution in [0.4, 0.5) is 0 Å². The van der Waals surface area contributed by atoms with Crippen molar-refractivity contribution in [3.05, 3.63) is 59.8 Å². The second-order valence-electron chi connectivity index (χ2n) is 7.92. The summed E-state index contributed by atoms with van der Waals surface area (Å²) in [6.07, 6.45) is 23.9. The van der Waals surface area contributed by atoms with Gasteiger partial charge in [-0.15, -0.1) is 0 Å². The summed E-state index contributed by atoms with van der Waals surface area (Å²) in [7, 11) is 0. The monoisotopic (exact) mass is 384 g/mol. The van der Waals surface area contributed by atoms with Crippen LogP contribution in [-0.4, -0.2) is 16.5 Å². The van der Waals surface area contributed by atoms with Crippen LogP contribution >= 0.6 is 11.8 Å². The smallest absolute Gasteiger partial charge is 0.154 e. The maximum absolute atomic E-state index is 5.93. The Bertz CT molecular complexity index is 651. The van der Waals surface area contributed by atoms with Crippen molar-refractivity contribution in [3.63, 3.8) is 0 Å². The van der Waals surface area contributed by atoms with Crippen LogP contribution in [0.3, 0.4) is 0 Å².